The Kier molecular flexibility index (Phi) is 4.53. The SMILES string of the molecule is NC(=NCCCS(N)(=O)=O)C1CCCC1. The summed E-state index contributed by atoms with van der Waals surface area (Å²) in [6.07, 6.45) is 5.12. The maximum Gasteiger partial charge on any atom is 0.209 e. The molecule has 6 heteroatoms. The summed E-state index contributed by atoms with van der Waals surface area (Å²) in [6, 6.07) is 0. The largest absolute Gasteiger partial charge is 0.387 e. The summed E-state index contributed by atoms with van der Waals surface area (Å²) < 4.78 is 21.3. The Morgan fingerprint density at radius 1 is 1.33 bits per heavy atom. The topological polar surface area (TPSA) is 98.5 Å². The molecule has 0 aromatic rings. The van der Waals surface area contributed by atoms with Crippen LogP contribution in [0.15, 0.2) is 4.99 Å². The summed E-state index contributed by atoms with van der Waals surface area (Å²) in [6.45, 7) is 0.457. The molecule has 88 valence electrons. The number of hydrogen-bond donors (Lipinski definition) is 2. The van der Waals surface area contributed by atoms with Crippen molar-refractivity contribution < 1.29 is 8.42 Å². The van der Waals surface area contributed by atoms with Gasteiger partial charge in [-0.05, 0) is 19.3 Å². The van der Waals surface area contributed by atoms with Gasteiger partial charge in [-0.1, -0.05) is 12.8 Å². The maximum atomic E-state index is 10.6. The molecule has 1 aliphatic carbocycles. The molecule has 5 nitrogen and oxygen atoms in total. The van der Waals surface area contributed by atoms with Crippen molar-refractivity contribution in [2.75, 3.05) is 12.3 Å². The molecular weight excluding hydrogens is 214 g/mol. The van der Waals surface area contributed by atoms with Gasteiger partial charge in [0, 0.05) is 12.5 Å². The first-order chi connectivity index (χ1) is 6.99. The molecule has 4 N–H and O–H groups in total. The fourth-order valence-electron chi connectivity index (χ4n) is 1.82. The van der Waals surface area contributed by atoms with Crippen molar-refractivity contribution in [1.82, 2.24) is 0 Å². The third-order valence-corrected chi connectivity index (χ3v) is 3.51. The zero-order valence-corrected chi connectivity index (χ0v) is 9.67. The van der Waals surface area contributed by atoms with Gasteiger partial charge in [0.15, 0.2) is 0 Å². The van der Waals surface area contributed by atoms with E-state index in [9.17, 15) is 8.42 Å². The van der Waals surface area contributed by atoms with Crippen molar-refractivity contribution >= 4 is 15.9 Å². The lowest BCUT2D eigenvalue weighted by atomic mass is 10.1. The lowest BCUT2D eigenvalue weighted by molar-refractivity contribution is 0.595. The van der Waals surface area contributed by atoms with Crippen molar-refractivity contribution in [3.8, 4) is 0 Å². The highest BCUT2D eigenvalue weighted by atomic mass is 32.2. The molecule has 0 aromatic heterocycles. The molecule has 0 aromatic carbocycles. The minimum absolute atomic E-state index is 0.0194. The van der Waals surface area contributed by atoms with E-state index in [1.165, 1.54) is 12.8 Å². The number of sulfonamides is 1. The maximum absolute atomic E-state index is 10.6. The lowest BCUT2D eigenvalue weighted by Gasteiger charge is -2.07. The minimum Gasteiger partial charge on any atom is -0.387 e. The van der Waals surface area contributed by atoms with Crippen molar-refractivity contribution in [2.45, 2.75) is 32.1 Å². The molecule has 0 spiro atoms. The highest BCUT2D eigenvalue weighted by Crippen LogP contribution is 2.24. The van der Waals surface area contributed by atoms with E-state index in [0.717, 1.165) is 12.8 Å². The Morgan fingerprint density at radius 3 is 2.47 bits per heavy atom. The Hall–Kier alpha value is -0.620. The molecule has 1 fully saturated rings. The zero-order valence-electron chi connectivity index (χ0n) is 8.85. The second-order valence-corrected chi connectivity index (χ2v) is 5.74. The second-order valence-electron chi connectivity index (χ2n) is 4.01. The number of rotatable bonds is 5. The molecular formula is C9H19N3O2S. The van der Waals surface area contributed by atoms with Gasteiger partial charge < -0.3 is 5.73 Å². The van der Waals surface area contributed by atoms with Crippen LogP contribution >= 0.6 is 0 Å². The van der Waals surface area contributed by atoms with E-state index in [1.807, 2.05) is 0 Å². The van der Waals surface area contributed by atoms with Gasteiger partial charge >= 0.3 is 0 Å². The van der Waals surface area contributed by atoms with Crippen LogP contribution in [0.5, 0.6) is 0 Å². The smallest absolute Gasteiger partial charge is 0.209 e. The molecule has 1 rings (SSSR count). The molecule has 1 saturated carbocycles. The molecule has 0 unspecified atom stereocenters. The van der Waals surface area contributed by atoms with Gasteiger partial charge in [0.25, 0.3) is 0 Å². The van der Waals surface area contributed by atoms with E-state index in [4.69, 9.17) is 10.9 Å². The first-order valence-electron chi connectivity index (χ1n) is 5.29. The van der Waals surface area contributed by atoms with Crippen molar-refractivity contribution in [3.05, 3.63) is 0 Å². The molecule has 15 heavy (non-hydrogen) atoms. The van der Waals surface area contributed by atoms with Gasteiger partial charge in [0.05, 0.1) is 11.6 Å². The van der Waals surface area contributed by atoms with Gasteiger partial charge in [-0.3, -0.25) is 4.99 Å². The average Bonchev–Trinajstić information content (AvgIpc) is 2.63. The van der Waals surface area contributed by atoms with Gasteiger partial charge in [0.1, 0.15) is 0 Å². The standard InChI is InChI=1S/C9H19N3O2S/c10-9(8-4-1-2-5-8)12-6-3-7-15(11,13)14/h8H,1-7H2,(H2,10,12)(H2,11,13,14). The van der Waals surface area contributed by atoms with Gasteiger partial charge in [0.2, 0.25) is 10.0 Å². The third kappa shape index (κ3) is 5.13. The number of amidine groups is 1. The van der Waals surface area contributed by atoms with Gasteiger partial charge in [-0.15, -0.1) is 0 Å². The quantitative estimate of drug-likeness (QED) is 0.403. The first kappa shape index (κ1) is 12.4. The number of nitrogens with zero attached hydrogens (tertiary/aromatic N) is 1. The minimum atomic E-state index is -3.35. The number of primary sulfonamides is 1. The van der Waals surface area contributed by atoms with Gasteiger partial charge in [-0.25, -0.2) is 13.6 Å². The Labute approximate surface area is 91.0 Å². The summed E-state index contributed by atoms with van der Waals surface area (Å²) in [7, 11) is -3.35. The molecule has 0 bridgehead atoms. The van der Waals surface area contributed by atoms with E-state index in [1.54, 1.807) is 0 Å². The summed E-state index contributed by atoms with van der Waals surface area (Å²) in [4.78, 5) is 4.18. The monoisotopic (exact) mass is 233 g/mol. The van der Waals surface area contributed by atoms with Crippen LogP contribution in [0.3, 0.4) is 0 Å². The zero-order chi connectivity index (χ0) is 11.3. The highest BCUT2D eigenvalue weighted by Gasteiger charge is 2.18. The highest BCUT2D eigenvalue weighted by molar-refractivity contribution is 7.89. The van der Waals surface area contributed by atoms with E-state index < -0.39 is 10.0 Å². The third-order valence-electron chi connectivity index (χ3n) is 2.65. The lowest BCUT2D eigenvalue weighted by Crippen LogP contribution is -2.22. The first-order valence-corrected chi connectivity index (χ1v) is 7.01. The van der Waals surface area contributed by atoms with Gasteiger partial charge in [-0.2, -0.15) is 0 Å². The molecule has 0 saturated heterocycles. The Morgan fingerprint density at radius 2 is 1.93 bits per heavy atom. The Balaban J connectivity index is 2.25. The van der Waals surface area contributed by atoms with E-state index in [2.05, 4.69) is 4.99 Å². The normalized spacial score (nSPS) is 19.7. The predicted molar refractivity (Wildman–Crippen MR) is 61.0 cm³/mol. The van der Waals surface area contributed by atoms with E-state index >= 15 is 0 Å². The fourth-order valence-corrected chi connectivity index (χ4v) is 2.36. The van der Waals surface area contributed by atoms with Crippen LogP contribution in [0.25, 0.3) is 0 Å². The van der Waals surface area contributed by atoms with Crippen LogP contribution in [-0.4, -0.2) is 26.6 Å². The van der Waals surface area contributed by atoms with E-state index in [-0.39, 0.29) is 5.75 Å². The Bertz CT molecular complexity index is 318. The van der Waals surface area contributed by atoms with Crippen LogP contribution in [0.4, 0.5) is 0 Å². The number of aliphatic imine (C=N–C) groups is 1. The predicted octanol–water partition coefficient (Wildman–Crippen LogP) is 0.212. The molecule has 0 amide bonds. The average molecular weight is 233 g/mol. The summed E-state index contributed by atoms with van der Waals surface area (Å²) in [5.41, 5.74) is 5.80. The molecule has 0 heterocycles. The summed E-state index contributed by atoms with van der Waals surface area (Å²) >= 11 is 0. The van der Waals surface area contributed by atoms with Crippen molar-refractivity contribution in [2.24, 2.45) is 21.8 Å². The molecule has 1 aliphatic rings. The van der Waals surface area contributed by atoms with Crippen LogP contribution in [-0.2, 0) is 10.0 Å². The molecule has 0 aliphatic heterocycles. The number of nitrogens with two attached hydrogens (primary N) is 2. The van der Waals surface area contributed by atoms with Crippen LogP contribution in [0.1, 0.15) is 32.1 Å². The number of hydrogen-bond acceptors (Lipinski definition) is 3. The van der Waals surface area contributed by atoms with Crippen LogP contribution in [0, 0.1) is 5.92 Å². The van der Waals surface area contributed by atoms with Crippen LogP contribution < -0.4 is 10.9 Å². The molecule has 0 radical (unpaired) electrons. The second kappa shape index (κ2) is 5.46. The fraction of sp³-hybridized carbons (Fsp3) is 0.889. The van der Waals surface area contributed by atoms with E-state index in [0.29, 0.717) is 24.7 Å². The molecule has 0 atom stereocenters. The summed E-state index contributed by atoms with van der Waals surface area (Å²) in [5, 5.41) is 4.87. The van der Waals surface area contributed by atoms with Crippen LogP contribution in [0.2, 0.25) is 0 Å². The van der Waals surface area contributed by atoms with Crippen molar-refractivity contribution in [3.63, 3.8) is 0 Å². The summed E-state index contributed by atoms with van der Waals surface area (Å²) in [5.74, 6) is 1.08. The van der Waals surface area contributed by atoms with Crippen molar-refractivity contribution in [1.29, 1.82) is 0 Å².